The van der Waals surface area contributed by atoms with Crippen LogP contribution in [0.2, 0.25) is 0 Å². The summed E-state index contributed by atoms with van der Waals surface area (Å²) in [5, 5.41) is 6.01. The lowest BCUT2D eigenvalue weighted by Crippen LogP contribution is -2.10. The Kier molecular flexibility index (Phi) is 2.90. The lowest BCUT2D eigenvalue weighted by Gasteiger charge is -2.01. The van der Waals surface area contributed by atoms with E-state index in [4.69, 9.17) is 4.42 Å². The molecule has 0 atom stereocenters. The summed E-state index contributed by atoms with van der Waals surface area (Å²) >= 11 is 0. The maximum atomic E-state index is 12.3. The van der Waals surface area contributed by atoms with Gasteiger partial charge in [0, 0.05) is 11.1 Å². The van der Waals surface area contributed by atoms with Crippen molar-refractivity contribution in [2.45, 2.75) is 0 Å². The van der Waals surface area contributed by atoms with E-state index in [2.05, 4.69) is 5.32 Å². The Morgan fingerprint density at radius 3 is 2.45 bits per heavy atom. The van der Waals surface area contributed by atoms with Crippen molar-refractivity contribution >= 4 is 33.3 Å². The summed E-state index contributed by atoms with van der Waals surface area (Å²) in [4.78, 5) is 12.3. The number of hydrogen-bond donors (Lipinski definition) is 1. The fourth-order valence-corrected chi connectivity index (χ4v) is 2.62. The number of fused-ring (bicyclic) bond motifs is 3. The molecule has 1 amide bonds. The summed E-state index contributed by atoms with van der Waals surface area (Å²) in [5.41, 5.74) is 1.47. The molecule has 4 rings (SSSR count). The quantitative estimate of drug-likeness (QED) is 0.573. The van der Waals surface area contributed by atoms with Crippen molar-refractivity contribution in [2.24, 2.45) is 0 Å². The number of hydrogen-bond acceptors (Lipinski definition) is 2. The zero-order valence-corrected chi connectivity index (χ0v) is 11.7. The molecule has 0 radical (unpaired) electrons. The standard InChI is InChI=1S/C19H13NO2/c21-19(20-14-7-2-1-3-8-14)18-12-16-15-9-5-4-6-13(15)10-11-17(16)22-18/h1-12H,(H,20,21). The molecule has 0 aliphatic carbocycles. The minimum Gasteiger partial charge on any atom is -0.451 e. The van der Waals surface area contributed by atoms with Gasteiger partial charge in [0.2, 0.25) is 0 Å². The Labute approximate surface area is 127 Å². The highest BCUT2D eigenvalue weighted by atomic mass is 16.3. The van der Waals surface area contributed by atoms with Gasteiger partial charge in [-0.25, -0.2) is 0 Å². The number of amides is 1. The van der Waals surface area contributed by atoms with E-state index < -0.39 is 0 Å². The molecule has 0 fully saturated rings. The average molecular weight is 287 g/mol. The van der Waals surface area contributed by atoms with Crippen molar-refractivity contribution in [3.05, 3.63) is 78.6 Å². The molecule has 0 bridgehead atoms. The smallest absolute Gasteiger partial charge is 0.291 e. The van der Waals surface area contributed by atoms with Crippen molar-refractivity contribution in [1.29, 1.82) is 0 Å². The topological polar surface area (TPSA) is 42.2 Å². The van der Waals surface area contributed by atoms with Gasteiger partial charge in [0.15, 0.2) is 5.76 Å². The van der Waals surface area contributed by atoms with Crippen molar-refractivity contribution in [3.63, 3.8) is 0 Å². The summed E-state index contributed by atoms with van der Waals surface area (Å²) in [6.07, 6.45) is 0. The molecule has 0 unspecified atom stereocenters. The zero-order valence-electron chi connectivity index (χ0n) is 11.7. The molecule has 1 N–H and O–H groups in total. The van der Waals surface area contributed by atoms with Crippen LogP contribution in [0, 0.1) is 0 Å². The van der Waals surface area contributed by atoms with Gasteiger partial charge in [0.25, 0.3) is 5.91 Å². The molecule has 0 saturated heterocycles. The molecule has 4 aromatic rings. The van der Waals surface area contributed by atoms with Gasteiger partial charge in [0.05, 0.1) is 0 Å². The molecular formula is C19H13NO2. The number of rotatable bonds is 2. The van der Waals surface area contributed by atoms with E-state index in [9.17, 15) is 4.79 Å². The van der Waals surface area contributed by atoms with Gasteiger partial charge >= 0.3 is 0 Å². The predicted molar refractivity (Wildman–Crippen MR) is 88.1 cm³/mol. The average Bonchev–Trinajstić information content (AvgIpc) is 3.00. The van der Waals surface area contributed by atoms with Gasteiger partial charge in [0.1, 0.15) is 5.58 Å². The van der Waals surface area contributed by atoms with E-state index in [0.717, 1.165) is 27.4 Å². The third-order valence-electron chi connectivity index (χ3n) is 3.68. The zero-order chi connectivity index (χ0) is 14.9. The largest absolute Gasteiger partial charge is 0.451 e. The van der Waals surface area contributed by atoms with Crippen LogP contribution in [-0.2, 0) is 0 Å². The lowest BCUT2D eigenvalue weighted by atomic mass is 10.1. The molecule has 0 saturated carbocycles. The summed E-state index contributed by atoms with van der Waals surface area (Å²) in [6.45, 7) is 0. The van der Waals surface area contributed by atoms with E-state index in [0.29, 0.717) is 5.76 Å². The Bertz CT molecular complexity index is 970. The molecule has 1 heterocycles. The maximum Gasteiger partial charge on any atom is 0.291 e. The fourth-order valence-electron chi connectivity index (χ4n) is 2.62. The first kappa shape index (κ1) is 12.7. The number of nitrogens with one attached hydrogen (secondary N) is 1. The van der Waals surface area contributed by atoms with Crippen molar-refractivity contribution in [3.8, 4) is 0 Å². The van der Waals surface area contributed by atoms with Gasteiger partial charge in [-0.15, -0.1) is 0 Å². The molecule has 3 heteroatoms. The third kappa shape index (κ3) is 2.13. The molecule has 1 aromatic heterocycles. The van der Waals surface area contributed by atoms with Crippen LogP contribution < -0.4 is 5.32 Å². The molecule has 0 aliphatic rings. The van der Waals surface area contributed by atoms with E-state index in [1.54, 1.807) is 6.07 Å². The van der Waals surface area contributed by atoms with E-state index in [1.807, 2.05) is 66.7 Å². The number of carbonyl (C=O) groups excluding carboxylic acids is 1. The van der Waals surface area contributed by atoms with Gasteiger partial charge < -0.3 is 9.73 Å². The van der Waals surface area contributed by atoms with Gasteiger partial charge in [-0.05, 0) is 35.0 Å². The van der Waals surface area contributed by atoms with Crippen LogP contribution in [-0.4, -0.2) is 5.91 Å². The first-order valence-electron chi connectivity index (χ1n) is 7.09. The van der Waals surface area contributed by atoms with Crippen LogP contribution in [0.15, 0.2) is 77.2 Å². The summed E-state index contributed by atoms with van der Waals surface area (Å²) in [5.74, 6) is 0.0710. The predicted octanol–water partition coefficient (Wildman–Crippen LogP) is 4.84. The normalized spacial score (nSPS) is 10.9. The van der Waals surface area contributed by atoms with Crippen LogP contribution in [0.5, 0.6) is 0 Å². The Hall–Kier alpha value is -3.07. The number of furan rings is 1. The summed E-state index contributed by atoms with van der Waals surface area (Å²) in [6, 6.07) is 23.1. The first-order chi connectivity index (χ1) is 10.8. The third-order valence-corrected chi connectivity index (χ3v) is 3.68. The molecule has 22 heavy (non-hydrogen) atoms. The molecule has 0 aliphatic heterocycles. The monoisotopic (exact) mass is 287 g/mol. The second-order valence-electron chi connectivity index (χ2n) is 5.13. The van der Waals surface area contributed by atoms with Crippen molar-refractivity contribution in [2.75, 3.05) is 5.32 Å². The van der Waals surface area contributed by atoms with Crippen LogP contribution in [0.3, 0.4) is 0 Å². The highest BCUT2D eigenvalue weighted by molar-refractivity contribution is 6.10. The van der Waals surface area contributed by atoms with Crippen LogP contribution in [0.4, 0.5) is 5.69 Å². The van der Waals surface area contributed by atoms with Gasteiger partial charge in [-0.3, -0.25) is 4.79 Å². The van der Waals surface area contributed by atoms with Crippen molar-refractivity contribution in [1.82, 2.24) is 0 Å². The lowest BCUT2D eigenvalue weighted by molar-refractivity contribution is 0.0998. The van der Waals surface area contributed by atoms with Crippen molar-refractivity contribution < 1.29 is 9.21 Å². The number of benzene rings is 3. The summed E-state index contributed by atoms with van der Waals surface area (Å²) < 4.78 is 5.70. The van der Waals surface area contributed by atoms with Crippen LogP contribution >= 0.6 is 0 Å². The summed E-state index contributed by atoms with van der Waals surface area (Å²) in [7, 11) is 0. The van der Waals surface area contributed by atoms with Gasteiger partial charge in [-0.1, -0.05) is 48.5 Å². The Balaban J connectivity index is 1.76. The second kappa shape index (κ2) is 5.04. The SMILES string of the molecule is O=C(Nc1ccccc1)c1cc2c(ccc3ccccc32)o1. The fraction of sp³-hybridized carbons (Fsp3) is 0. The number of para-hydroxylation sites is 1. The number of carbonyl (C=O) groups is 1. The van der Waals surface area contributed by atoms with E-state index in [1.165, 1.54) is 0 Å². The Morgan fingerprint density at radius 1 is 0.818 bits per heavy atom. The first-order valence-corrected chi connectivity index (χ1v) is 7.09. The van der Waals surface area contributed by atoms with Crippen LogP contribution in [0.1, 0.15) is 10.6 Å². The molecular weight excluding hydrogens is 274 g/mol. The number of anilines is 1. The molecule has 106 valence electrons. The van der Waals surface area contributed by atoms with E-state index >= 15 is 0 Å². The second-order valence-corrected chi connectivity index (χ2v) is 5.13. The minimum absolute atomic E-state index is 0.244. The maximum absolute atomic E-state index is 12.3. The highest BCUT2D eigenvalue weighted by Crippen LogP contribution is 2.28. The van der Waals surface area contributed by atoms with E-state index in [-0.39, 0.29) is 5.91 Å². The molecule has 0 spiro atoms. The Morgan fingerprint density at radius 2 is 1.59 bits per heavy atom. The molecule has 3 aromatic carbocycles. The molecule has 3 nitrogen and oxygen atoms in total. The minimum atomic E-state index is -0.244. The van der Waals surface area contributed by atoms with Crippen LogP contribution in [0.25, 0.3) is 21.7 Å². The van der Waals surface area contributed by atoms with Gasteiger partial charge in [-0.2, -0.15) is 0 Å². The highest BCUT2D eigenvalue weighted by Gasteiger charge is 2.13.